The number of fused-ring (bicyclic) bond motifs is 2. The van der Waals surface area contributed by atoms with Crippen molar-refractivity contribution in [2.75, 3.05) is 26.8 Å². The van der Waals surface area contributed by atoms with E-state index in [1.165, 1.54) is 25.7 Å². The number of hydrogen-bond acceptors (Lipinski definition) is 3. The highest BCUT2D eigenvalue weighted by atomic mass is 16.5. The lowest BCUT2D eigenvalue weighted by Crippen LogP contribution is -2.41. The second-order valence-corrected chi connectivity index (χ2v) is 6.31. The minimum absolute atomic E-state index is 0.628. The Labute approximate surface area is 105 Å². The van der Waals surface area contributed by atoms with Gasteiger partial charge in [-0.3, -0.25) is 0 Å². The summed E-state index contributed by atoms with van der Waals surface area (Å²) in [5.41, 5.74) is -0.631. The van der Waals surface area contributed by atoms with Crippen molar-refractivity contribution in [3.05, 3.63) is 0 Å². The number of hydrogen-bond donors (Lipinski definition) is 2. The topological polar surface area (TPSA) is 41.5 Å². The van der Waals surface area contributed by atoms with E-state index in [4.69, 9.17) is 4.74 Å². The molecule has 0 aliphatic heterocycles. The Kier molecular flexibility index (Phi) is 4.45. The zero-order valence-electron chi connectivity index (χ0n) is 11.2. The van der Waals surface area contributed by atoms with Crippen molar-refractivity contribution in [3.8, 4) is 0 Å². The Hall–Kier alpha value is -0.120. The van der Waals surface area contributed by atoms with Gasteiger partial charge in [-0.2, -0.15) is 0 Å². The molecule has 0 amide bonds. The van der Waals surface area contributed by atoms with Crippen molar-refractivity contribution in [2.45, 2.75) is 44.6 Å². The SMILES string of the molecule is COCCC(C)(O)CNCC1CC2CCC1C2. The largest absolute Gasteiger partial charge is 0.389 e. The number of rotatable bonds is 7. The first-order valence-corrected chi connectivity index (χ1v) is 7.03. The fraction of sp³-hybridized carbons (Fsp3) is 1.00. The van der Waals surface area contributed by atoms with Crippen LogP contribution in [-0.4, -0.2) is 37.5 Å². The number of ether oxygens (including phenoxy) is 1. The predicted molar refractivity (Wildman–Crippen MR) is 68.9 cm³/mol. The fourth-order valence-electron chi connectivity index (χ4n) is 3.56. The van der Waals surface area contributed by atoms with Crippen molar-refractivity contribution < 1.29 is 9.84 Å². The van der Waals surface area contributed by atoms with Crippen LogP contribution in [0.5, 0.6) is 0 Å². The fourth-order valence-corrected chi connectivity index (χ4v) is 3.56. The standard InChI is InChI=1S/C14H27NO2/c1-14(16,5-6-17-2)10-15-9-13-8-11-3-4-12(13)7-11/h11-13,15-16H,3-10H2,1-2H3. The Morgan fingerprint density at radius 1 is 1.35 bits per heavy atom. The molecule has 17 heavy (non-hydrogen) atoms. The minimum atomic E-state index is -0.631. The maximum absolute atomic E-state index is 10.1. The van der Waals surface area contributed by atoms with Gasteiger partial charge in [0.05, 0.1) is 5.60 Å². The molecule has 3 nitrogen and oxygen atoms in total. The summed E-state index contributed by atoms with van der Waals surface area (Å²) in [4.78, 5) is 0. The molecule has 3 heteroatoms. The van der Waals surface area contributed by atoms with E-state index >= 15 is 0 Å². The van der Waals surface area contributed by atoms with Gasteiger partial charge >= 0.3 is 0 Å². The highest BCUT2D eigenvalue weighted by Gasteiger charge is 2.39. The van der Waals surface area contributed by atoms with E-state index < -0.39 is 5.60 Å². The van der Waals surface area contributed by atoms with Crippen LogP contribution in [0.15, 0.2) is 0 Å². The van der Waals surface area contributed by atoms with E-state index in [1.807, 2.05) is 6.92 Å². The molecule has 0 aromatic carbocycles. The average molecular weight is 241 g/mol. The van der Waals surface area contributed by atoms with Gasteiger partial charge in [-0.05, 0) is 50.5 Å². The van der Waals surface area contributed by atoms with E-state index in [0.717, 1.165) is 24.3 Å². The maximum Gasteiger partial charge on any atom is 0.0765 e. The molecule has 2 bridgehead atoms. The first kappa shape index (κ1) is 13.3. The van der Waals surface area contributed by atoms with E-state index in [2.05, 4.69) is 5.32 Å². The third-order valence-corrected chi connectivity index (χ3v) is 4.64. The van der Waals surface area contributed by atoms with Gasteiger partial charge in [0.25, 0.3) is 0 Å². The molecule has 100 valence electrons. The van der Waals surface area contributed by atoms with Gasteiger partial charge < -0.3 is 15.2 Å². The Bertz CT molecular complexity index is 242. The molecule has 0 aromatic rings. The van der Waals surface area contributed by atoms with Crippen LogP contribution in [0.3, 0.4) is 0 Å². The summed E-state index contributed by atoms with van der Waals surface area (Å²) in [5.74, 6) is 2.85. The highest BCUT2D eigenvalue weighted by molar-refractivity contribution is 4.91. The Morgan fingerprint density at radius 2 is 2.18 bits per heavy atom. The number of methoxy groups -OCH3 is 1. The van der Waals surface area contributed by atoms with Gasteiger partial charge in [0.1, 0.15) is 0 Å². The summed E-state index contributed by atoms with van der Waals surface area (Å²) in [6.45, 7) is 4.29. The molecule has 0 spiro atoms. The number of nitrogens with one attached hydrogen (secondary N) is 1. The van der Waals surface area contributed by atoms with Crippen LogP contribution in [0.4, 0.5) is 0 Å². The molecule has 2 saturated carbocycles. The van der Waals surface area contributed by atoms with Crippen LogP contribution in [0.2, 0.25) is 0 Å². The molecule has 4 atom stereocenters. The second-order valence-electron chi connectivity index (χ2n) is 6.31. The second kappa shape index (κ2) is 5.68. The Balaban J connectivity index is 1.62. The molecular formula is C14H27NO2. The van der Waals surface area contributed by atoms with Crippen molar-refractivity contribution in [1.29, 1.82) is 0 Å². The van der Waals surface area contributed by atoms with Gasteiger partial charge in [0, 0.05) is 26.7 Å². The molecule has 0 radical (unpaired) electrons. The molecule has 2 rings (SSSR count). The van der Waals surface area contributed by atoms with Crippen LogP contribution in [0, 0.1) is 17.8 Å². The summed E-state index contributed by atoms with van der Waals surface area (Å²) < 4.78 is 5.01. The Morgan fingerprint density at radius 3 is 2.76 bits per heavy atom. The van der Waals surface area contributed by atoms with Crippen LogP contribution < -0.4 is 5.32 Å². The normalized spacial score (nSPS) is 35.1. The van der Waals surface area contributed by atoms with Gasteiger partial charge in [-0.15, -0.1) is 0 Å². The summed E-state index contributed by atoms with van der Waals surface area (Å²) in [5, 5.41) is 13.6. The number of aliphatic hydroxyl groups is 1. The molecule has 2 N–H and O–H groups in total. The van der Waals surface area contributed by atoms with E-state index in [9.17, 15) is 5.11 Å². The summed E-state index contributed by atoms with van der Waals surface area (Å²) >= 11 is 0. The van der Waals surface area contributed by atoms with Crippen molar-refractivity contribution in [3.63, 3.8) is 0 Å². The predicted octanol–water partition coefficient (Wildman–Crippen LogP) is 1.80. The van der Waals surface area contributed by atoms with Crippen molar-refractivity contribution in [2.24, 2.45) is 17.8 Å². The third-order valence-electron chi connectivity index (χ3n) is 4.64. The van der Waals surface area contributed by atoms with Gasteiger partial charge in [-0.1, -0.05) is 6.42 Å². The molecule has 2 fully saturated rings. The first-order chi connectivity index (χ1) is 8.11. The molecule has 4 unspecified atom stereocenters. The molecular weight excluding hydrogens is 214 g/mol. The average Bonchev–Trinajstić information content (AvgIpc) is 2.88. The summed E-state index contributed by atoms with van der Waals surface area (Å²) in [6, 6.07) is 0. The van der Waals surface area contributed by atoms with Crippen molar-refractivity contribution in [1.82, 2.24) is 5.32 Å². The van der Waals surface area contributed by atoms with E-state index in [0.29, 0.717) is 19.6 Å². The van der Waals surface area contributed by atoms with Crippen LogP contribution >= 0.6 is 0 Å². The van der Waals surface area contributed by atoms with E-state index in [1.54, 1.807) is 7.11 Å². The summed E-state index contributed by atoms with van der Waals surface area (Å²) in [7, 11) is 1.68. The lowest BCUT2D eigenvalue weighted by atomic mass is 9.88. The molecule has 0 saturated heterocycles. The highest BCUT2D eigenvalue weighted by Crippen LogP contribution is 2.47. The maximum atomic E-state index is 10.1. The molecule has 0 aromatic heterocycles. The lowest BCUT2D eigenvalue weighted by Gasteiger charge is -2.26. The van der Waals surface area contributed by atoms with Crippen LogP contribution in [0.25, 0.3) is 0 Å². The monoisotopic (exact) mass is 241 g/mol. The van der Waals surface area contributed by atoms with Gasteiger partial charge in [0.2, 0.25) is 0 Å². The minimum Gasteiger partial charge on any atom is -0.389 e. The lowest BCUT2D eigenvalue weighted by molar-refractivity contribution is 0.0239. The quantitative estimate of drug-likeness (QED) is 0.714. The summed E-state index contributed by atoms with van der Waals surface area (Å²) in [6.07, 6.45) is 6.49. The molecule has 2 aliphatic carbocycles. The zero-order valence-corrected chi connectivity index (χ0v) is 11.2. The van der Waals surface area contributed by atoms with E-state index in [-0.39, 0.29) is 0 Å². The first-order valence-electron chi connectivity index (χ1n) is 7.03. The van der Waals surface area contributed by atoms with Crippen LogP contribution in [0.1, 0.15) is 39.0 Å². The van der Waals surface area contributed by atoms with Gasteiger partial charge in [0.15, 0.2) is 0 Å². The molecule has 0 heterocycles. The van der Waals surface area contributed by atoms with Crippen LogP contribution in [-0.2, 0) is 4.74 Å². The van der Waals surface area contributed by atoms with Gasteiger partial charge in [-0.25, -0.2) is 0 Å². The van der Waals surface area contributed by atoms with Crippen molar-refractivity contribution >= 4 is 0 Å². The zero-order chi connectivity index (χ0) is 12.3. The smallest absolute Gasteiger partial charge is 0.0765 e. The third kappa shape index (κ3) is 3.67. The molecule has 2 aliphatic rings.